The zero-order valence-electron chi connectivity index (χ0n) is 40.8. The highest BCUT2D eigenvalue weighted by atomic mass is 16.2. The molecular formula is C52H108N4O2+2. The third kappa shape index (κ3) is 44.4. The van der Waals surface area contributed by atoms with Crippen molar-refractivity contribution in [3.63, 3.8) is 0 Å². The molecule has 2 N–H and O–H groups in total. The number of carbonyl (C=O) groups excluding carboxylic acids is 2. The fourth-order valence-corrected chi connectivity index (χ4v) is 8.62. The number of hydrogen-bond donors (Lipinski definition) is 2. The van der Waals surface area contributed by atoms with E-state index in [0.29, 0.717) is 12.8 Å². The van der Waals surface area contributed by atoms with E-state index in [4.69, 9.17) is 0 Å². The van der Waals surface area contributed by atoms with Crippen molar-refractivity contribution in [2.45, 2.75) is 258 Å². The summed E-state index contributed by atoms with van der Waals surface area (Å²) in [5.74, 6) is 0.494. The van der Waals surface area contributed by atoms with Gasteiger partial charge in [-0.15, -0.1) is 0 Å². The molecule has 0 aromatic rings. The molecule has 0 aliphatic rings. The van der Waals surface area contributed by atoms with Crippen molar-refractivity contribution >= 4 is 11.8 Å². The average molecular weight is 821 g/mol. The van der Waals surface area contributed by atoms with E-state index in [0.717, 1.165) is 60.8 Å². The van der Waals surface area contributed by atoms with Crippen LogP contribution in [0.2, 0.25) is 0 Å². The smallest absolute Gasteiger partial charge is 0.219 e. The van der Waals surface area contributed by atoms with Crippen LogP contribution in [-0.4, -0.2) is 88.2 Å². The zero-order chi connectivity index (χ0) is 42.7. The van der Waals surface area contributed by atoms with Crippen molar-refractivity contribution in [3.05, 3.63) is 0 Å². The number of nitrogens with one attached hydrogen (secondary N) is 2. The maximum absolute atomic E-state index is 12.3. The van der Waals surface area contributed by atoms with Crippen LogP contribution in [-0.2, 0) is 9.59 Å². The number of nitrogens with zero attached hydrogens (tertiary/aromatic N) is 2. The van der Waals surface area contributed by atoms with E-state index in [1.165, 1.54) is 219 Å². The minimum atomic E-state index is 0.247. The van der Waals surface area contributed by atoms with E-state index < -0.39 is 0 Å². The predicted octanol–water partition coefficient (Wildman–Crippen LogP) is 14.2. The van der Waals surface area contributed by atoms with Crippen LogP contribution in [0.4, 0.5) is 0 Å². The third-order valence-electron chi connectivity index (χ3n) is 12.8. The van der Waals surface area contributed by atoms with Gasteiger partial charge in [0, 0.05) is 38.8 Å². The first-order valence-corrected chi connectivity index (χ1v) is 26.3. The summed E-state index contributed by atoms with van der Waals surface area (Å²) in [6.45, 7) is 10.9. The van der Waals surface area contributed by atoms with Gasteiger partial charge in [0.05, 0.1) is 54.4 Å². The van der Waals surface area contributed by atoms with Crippen LogP contribution in [0.25, 0.3) is 0 Å². The molecule has 58 heavy (non-hydrogen) atoms. The number of hydrogen-bond acceptors (Lipinski definition) is 2. The molecule has 0 rings (SSSR count). The summed E-state index contributed by atoms with van der Waals surface area (Å²) in [5.41, 5.74) is 0. The molecule has 0 aliphatic carbocycles. The Kier molecular flexibility index (Phi) is 41.7. The van der Waals surface area contributed by atoms with Gasteiger partial charge in [-0.1, -0.05) is 194 Å². The van der Waals surface area contributed by atoms with Gasteiger partial charge in [-0.25, -0.2) is 0 Å². The number of amides is 2. The van der Waals surface area contributed by atoms with Crippen LogP contribution in [0.15, 0.2) is 0 Å². The van der Waals surface area contributed by atoms with E-state index in [2.05, 4.69) is 52.7 Å². The average Bonchev–Trinajstić information content (AvgIpc) is 3.19. The molecule has 0 spiro atoms. The first-order chi connectivity index (χ1) is 28.1. The van der Waals surface area contributed by atoms with Gasteiger partial charge < -0.3 is 19.6 Å². The molecule has 6 heteroatoms. The van der Waals surface area contributed by atoms with Crippen molar-refractivity contribution in [1.29, 1.82) is 0 Å². The van der Waals surface area contributed by atoms with Crippen molar-refractivity contribution in [1.82, 2.24) is 10.6 Å². The Hall–Kier alpha value is -1.14. The SMILES string of the molecule is CCCCCCCCCCCCCCCCCC(=O)NCCC[N+](C)(C)CCCCCC[N+](C)(C)CCCNC(=O)CCCCCCCCCCCCCCCCC. The Balaban J connectivity index is 3.58. The Labute approximate surface area is 365 Å². The minimum Gasteiger partial charge on any atom is -0.356 e. The van der Waals surface area contributed by atoms with Crippen molar-refractivity contribution in [2.24, 2.45) is 0 Å². The fourth-order valence-electron chi connectivity index (χ4n) is 8.62. The Bertz CT molecular complexity index is 805. The molecule has 0 bridgehead atoms. The van der Waals surface area contributed by atoms with Crippen molar-refractivity contribution < 1.29 is 18.6 Å². The second kappa shape index (κ2) is 42.5. The Morgan fingerprint density at radius 2 is 0.500 bits per heavy atom. The summed E-state index contributed by atoms with van der Waals surface area (Å²) in [6.07, 6.45) is 49.5. The summed E-state index contributed by atoms with van der Waals surface area (Å²) < 4.78 is 2.09. The van der Waals surface area contributed by atoms with Crippen LogP contribution in [0.5, 0.6) is 0 Å². The summed E-state index contributed by atoms with van der Waals surface area (Å²) in [6, 6.07) is 0. The van der Waals surface area contributed by atoms with Crippen LogP contribution >= 0.6 is 0 Å². The molecule has 0 fully saturated rings. The molecule has 0 saturated carbocycles. The Morgan fingerprint density at radius 1 is 0.293 bits per heavy atom. The number of quaternary nitrogens is 2. The van der Waals surface area contributed by atoms with Gasteiger partial charge in [0.2, 0.25) is 11.8 Å². The molecule has 2 amide bonds. The molecule has 0 aromatic heterocycles. The van der Waals surface area contributed by atoms with Gasteiger partial charge in [0.15, 0.2) is 0 Å². The Morgan fingerprint density at radius 3 is 0.759 bits per heavy atom. The van der Waals surface area contributed by atoms with E-state index >= 15 is 0 Å². The highest BCUT2D eigenvalue weighted by molar-refractivity contribution is 5.76. The van der Waals surface area contributed by atoms with Crippen LogP contribution < -0.4 is 10.6 Å². The van der Waals surface area contributed by atoms with Gasteiger partial charge in [-0.05, 0) is 38.5 Å². The fraction of sp³-hybridized carbons (Fsp3) is 0.962. The second-order valence-corrected chi connectivity index (χ2v) is 20.0. The lowest BCUT2D eigenvalue weighted by Gasteiger charge is -2.31. The van der Waals surface area contributed by atoms with Gasteiger partial charge >= 0.3 is 0 Å². The molecule has 0 heterocycles. The van der Waals surface area contributed by atoms with E-state index in [1.807, 2.05) is 0 Å². The first-order valence-electron chi connectivity index (χ1n) is 26.3. The predicted molar refractivity (Wildman–Crippen MR) is 256 cm³/mol. The lowest BCUT2D eigenvalue weighted by Crippen LogP contribution is -2.43. The molecule has 346 valence electrons. The second-order valence-electron chi connectivity index (χ2n) is 20.0. The maximum Gasteiger partial charge on any atom is 0.219 e. The van der Waals surface area contributed by atoms with E-state index in [9.17, 15) is 9.59 Å². The minimum absolute atomic E-state index is 0.247. The third-order valence-corrected chi connectivity index (χ3v) is 12.8. The normalized spacial score (nSPS) is 12.0. The topological polar surface area (TPSA) is 58.2 Å². The molecule has 0 aromatic carbocycles. The number of rotatable bonds is 47. The first kappa shape index (κ1) is 56.9. The van der Waals surface area contributed by atoms with Gasteiger partial charge in [0.25, 0.3) is 0 Å². The monoisotopic (exact) mass is 821 g/mol. The van der Waals surface area contributed by atoms with Crippen molar-refractivity contribution in [2.75, 3.05) is 67.5 Å². The molecule has 0 radical (unpaired) electrons. The largest absolute Gasteiger partial charge is 0.356 e. The van der Waals surface area contributed by atoms with E-state index in [-0.39, 0.29) is 11.8 Å². The molecule has 0 atom stereocenters. The summed E-state index contributed by atoms with van der Waals surface area (Å²) >= 11 is 0. The quantitative estimate of drug-likeness (QED) is 0.0475. The van der Waals surface area contributed by atoms with Gasteiger partial charge in [-0.3, -0.25) is 9.59 Å². The number of carbonyl (C=O) groups is 2. The van der Waals surface area contributed by atoms with Crippen LogP contribution in [0.1, 0.15) is 258 Å². The molecule has 0 aliphatic heterocycles. The summed E-state index contributed by atoms with van der Waals surface area (Å²) in [7, 11) is 9.38. The number of unbranched alkanes of at least 4 members (excludes halogenated alkanes) is 31. The molecule has 0 saturated heterocycles. The molecule has 0 unspecified atom stereocenters. The van der Waals surface area contributed by atoms with Crippen LogP contribution in [0.3, 0.4) is 0 Å². The highest BCUT2D eigenvalue weighted by Crippen LogP contribution is 2.16. The van der Waals surface area contributed by atoms with Gasteiger partial charge in [-0.2, -0.15) is 0 Å². The van der Waals surface area contributed by atoms with Crippen molar-refractivity contribution in [3.8, 4) is 0 Å². The zero-order valence-corrected chi connectivity index (χ0v) is 40.8. The highest BCUT2D eigenvalue weighted by Gasteiger charge is 2.16. The lowest BCUT2D eigenvalue weighted by atomic mass is 10.0. The van der Waals surface area contributed by atoms with E-state index in [1.54, 1.807) is 0 Å². The summed E-state index contributed by atoms with van der Waals surface area (Å²) in [5, 5.41) is 6.36. The lowest BCUT2D eigenvalue weighted by molar-refractivity contribution is -0.891. The molecular weight excluding hydrogens is 713 g/mol. The molecule has 6 nitrogen and oxygen atoms in total. The summed E-state index contributed by atoms with van der Waals surface area (Å²) in [4.78, 5) is 24.7. The standard InChI is InChI=1S/C52H106N4O2/c1-7-9-11-13-15-17-19-21-23-25-27-29-31-33-37-43-51(57)53-45-41-49-55(3,4)47-39-35-36-40-48-56(5,6)50-42-46-54-52(58)44-38-34-32-30-28-26-24-22-20-18-16-14-12-10-8-2/h7-50H2,1-6H3/p+2. The maximum atomic E-state index is 12.3. The van der Waals surface area contributed by atoms with Gasteiger partial charge in [0.1, 0.15) is 0 Å². The van der Waals surface area contributed by atoms with Crippen LogP contribution in [0, 0.1) is 0 Å².